The number of hydrogen-bond acceptors (Lipinski definition) is 0. The van der Waals surface area contributed by atoms with Crippen LogP contribution in [0.5, 0.6) is 0 Å². The molecule has 0 heterocycles. The molecule has 0 fully saturated rings. The summed E-state index contributed by atoms with van der Waals surface area (Å²) in [6.45, 7) is 56.3. The van der Waals surface area contributed by atoms with E-state index in [1.807, 2.05) is 0 Å². The maximum atomic E-state index is 2.33. The first-order valence-electron chi connectivity index (χ1n) is 47.6. The predicted molar refractivity (Wildman–Crippen MR) is 587 cm³/mol. The highest BCUT2D eigenvalue weighted by atomic mass is 14.2. The van der Waals surface area contributed by atoms with Gasteiger partial charge in [-0.1, -0.05) is 349 Å². The molecule has 0 aliphatic heterocycles. The Morgan fingerprint density at radius 1 is 0.0821 bits per heavy atom. The highest BCUT2D eigenvalue weighted by Gasteiger charge is 2.15. The largest absolute Gasteiger partial charge is 0.0610 e. The van der Waals surface area contributed by atoms with Gasteiger partial charge in [0.25, 0.3) is 0 Å². The fraction of sp³-hybridized carbons (Fsp3) is 0.194. The van der Waals surface area contributed by atoms with E-state index >= 15 is 0 Å². The van der Waals surface area contributed by atoms with Gasteiger partial charge in [0.05, 0.1) is 0 Å². The molecule has 672 valence electrons. The standard InChI is InChI=1S/2C23H24.4C22H22/c1-15-6-11-22(19(5)12-15)21-10-8-17(3)23(14-21)20-9-7-16(2)18(4)13-20;1-15-10-22(20-8-6-16(2)18(4)12-20)14-23(11-15)21-9-7-17(3)19(5)13-21;1-15-5-9-19(10-6-15)20-11-8-17(3)22(14-20)21-12-7-16(2)18(4)13-21;1-15-5-8-19(9-6-15)22-14-20(10-7-18(22)4)21-12-16(2)11-17(3)13-21;1-15-8-11-22(18(4)12-15)21-7-5-6-19(14-21)20-10-9-16(2)17(3)13-20;1-15-8-10-21(12-17(15)3)19-6-5-7-20(14-19)22-11-9-16(2)18(4)13-22/h2*6-14H,1-5H3;4*5-14H,1-4H3. The zero-order valence-electron chi connectivity index (χ0n) is 84.5. The van der Waals surface area contributed by atoms with E-state index in [4.69, 9.17) is 0 Å². The van der Waals surface area contributed by atoms with Gasteiger partial charge in [0.2, 0.25) is 0 Å². The molecule has 18 aromatic rings. The first-order chi connectivity index (χ1) is 64.0. The van der Waals surface area contributed by atoms with Crippen molar-refractivity contribution < 1.29 is 0 Å². The Morgan fingerprint density at radius 3 is 0.597 bits per heavy atom. The predicted octanol–water partition coefficient (Wildman–Crippen LogP) is 38.1. The van der Waals surface area contributed by atoms with Crippen LogP contribution < -0.4 is 0 Å². The summed E-state index contributed by atoms with van der Waals surface area (Å²) in [5, 5.41) is 0. The lowest BCUT2D eigenvalue weighted by Gasteiger charge is -2.13. The first kappa shape index (κ1) is 97.5. The van der Waals surface area contributed by atoms with Gasteiger partial charge in [0.15, 0.2) is 0 Å². The molecule has 0 spiro atoms. The van der Waals surface area contributed by atoms with Crippen LogP contribution in [0, 0.1) is 180 Å². The van der Waals surface area contributed by atoms with Crippen LogP contribution in [0.15, 0.2) is 352 Å². The molecule has 18 rings (SSSR count). The van der Waals surface area contributed by atoms with Gasteiger partial charge >= 0.3 is 0 Å². The highest BCUT2D eigenvalue weighted by molar-refractivity contribution is 5.83. The van der Waals surface area contributed by atoms with Crippen LogP contribution in [0.1, 0.15) is 145 Å². The second-order valence-corrected chi connectivity index (χ2v) is 38.2. The van der Waals surface area contributed by atoms with Crippen molar-refractivity contribution in [3.05, 3.63) is 496 Å². The van der Waals surface area contributed by atoms with Crippen molar-refractivity contribution in [1.29, 1.82) is 0 Å². The lowest BCUT2D eigenvalue weighted by molar-refractivity contribution is 1.33. The van der Waals surface area contributed by atoms with Crippen LogP contribution in [-0.2, 0) is 0 Å². The van der Waals surface area contributed by atoms with E-state index in [1.54, 1.807) is 0 Å². The molecule has 0 aliphatic carbocycles. The average molecular weight is 1750 g/mol. The van der Waals surface area contributed by atoms with Crippen LogP contribution in [0.4, 0.5) is 0 Å². The van der Waals surface area contributed by atoms with E-state index in [9.17, 15) is 0 Å². The Bertz CT molecular complexity index is 7090. The highest BCUT2D eigenvalue weighted by Crippen LogP contribution is 2.39. The van der Waals surface area contributed by atoms with E-state index < -0.39 is 0 Å². The van der Waals surface area contributed by atoms with Crippen LogP contribution in [0.2, 0.25) is 0 Å². The maximum Gasteiger partial charge on any atom is -0.0148 e. The molecule has 0 saturated heterocycles. The summed E-state index contributed by atoms with van der Waals surface area (Å²) in [4.78, 5) is 0. The van der Waals surface area contributed by atoms with E-state index in [1.165, 1.54) is 278 Å². The van der Waals surface area contributed by atoms with Gasteiger partial charge < -0.3 is 0 Å². The van der Waals surface area contributed by atoms with Crippen molar-refractivity contribution in [2.24, 2.45) is 0 Å². The van der Waals surface area contributed by atoms with Crippen LogP contribution in [0.3, 0.4) is 0 Å². The molecular weight excluding hydrogens is 1610 g/mol. The van der Waals surface area contributed by atoms with Crippen LogP contribution in [0.25, 0.3) is 134 Å². The van der Waals surface area contributed by atoms with Gasteiger partial charge in [-0.15, -0.1) is 0 Å². The molecule has 0 saturated carbocycles. The molecule has 134 heavy (non-hydrogen) atoms. The second kappa shape index (κ2) is 44.0. The van der Waals surface area contributed by atoms with Gasteiger partial charge in [-0.05, 0) is 461 Å². The molecule has 0 N–H and O–H groups in total. The average Bonchev–Trinajstić information content (AvgIpc) is 0.808. The van der Waals surface area contributed by atoms with Gasteiger partial charge in [0, 0.05) is 0 Å². The SMILES string of the molecule is Cc1cc(-c2ccc(C)c(C)c2)cc(-c2ccc(C)c(C)c2)c1.Cc1ccc(-c2cc(-c3cc(C)cc(C)c3)ccc2C)cc1.Cc1ccc(-c2ccc(C)c(-c3ccc(C)c(C)c3)c2)c(C)c1.Cc1ccc(-c2ccc(C)c(-c3ccc(C)c(C)c3)c2)cc1.Cc1ccc(-c2cccc(-c3ccc(C)c(C)c3)c2)c(C)c1.Cc1ccc(-c2cccc(-c3ccc(C)c(C)c3)c2)cc1C. The van der Waals surface area contributed by atoms with Crippen molar-refractivity contribution in [2.45, 2.75) is 180 Å². The third kappa shape index (κ3) is 25.0. The molecule has 0 atom stereocenters. The molecule has 0 unspecified atom stereocenters. The van der Waals surface area contributed by atoms with Gasteiger partial charge in [-0.25, -0.2) is 0 Å². The van der Waals surface area contributed by atoms with Crippen LogP contribution in [-0.4, -0.2) is 0 Å². The number of aryl methyl sites for hydroxylation is 26. The maximum absolute atomic E-state index is 2.33. The van der Waals surface area contributed by atoms with Gasteiger partial charge in [-0.3, -0.25) is 0 Å². The van der Waals surface area contributed by atoms with Crippen molar-refractivity contribution in [2.75, 3.05) is 0 Å². The third-order valence-electron chi connectivity index (χ3n) is 27.0. The zero-order valence-corrected chi connectivity index (χ0v) is 84.5. The van der Waals surface area contributed by atoms with Crippen LogP contribution >= 0.6 is 0 Å². The molecule has 0 bridgehead atoms. The van der Waals surface area contributed by atoms with E-state index in [0.717, 1.165) is 0 Å². The molecule has 18 aromatic carbocycles. The monoisotopic (exact) mass is 1750 g/mol. The summed E-state index contributed by atoms with van der Waals surface area (Å²) in [5.41, 5.74) is 65.6. The molecule has 0 aromatic heterocycles. The second-order valence-electron chi connectivity index (χ2n) is 38.2. The zero-order chi connectivity index (χ0) is 95.9. The summed E-state index contributed by atoms with van der Waals surface area (Å²) in [7, 11) is 0. The topological polar surface area (TPSA) is 0 Å². The Morgan fingerprint density at radius 2 is 0.276 bits per heavy atom. The number of benzene rings is 18. The minimum absolute atomic E-state index is 1.27. The van der Waals surface area contributed by atoms with Crippen molar-refractivity contribution in [3.63, 3.8) is 0 Å². The van der Waals surface area contributed by atoms with E-state index in [2.05, 4.69) is 532 Å². The first-order valence-corrected chi connectivity index (χ1v) is 47.6. The lowest BCUT2D eigenvalue weighted by atomic mass is 9.92. The van der Waals surface area contributed by atoms with Crippen molar-refractivity contribution in [3.8, 4) is 134 Å². The Labute approximate surface area is 804 Å². The molecule has 0 radical (unpaired) electrons. The number of rotatable bonds is 12. The smallest absolute Gasteiger partial charge is 0.0148 e. The fourth-order valence-electron chi connectivity index (χ4n) is 17.5. The normalized spacial score (nSPS) is 10.8. The number of hydrogen-bond donors (Lipinski definition) is 0. The summed E-state index contributed by atoms with van der Waals surface area (Å²) in [6, 6.07) is 129. The third-order valence-corrected chi connectivity index (χ3v) is 27.0. The summed E-state index contributed by atoms with van der Waals surface area (Å²) in [6.07, 6.45) is 0. The van der Waals surface area contributed by atoms with Gasteiger partial charge in [-0.2, -0.15) is 0 Å². The Balaban J connectivity index is 0.000000136. The van der Waals surface area contributed by atoms with E-state index in [-0.39, 0.29) is 0 Å². The van der Waals surface area contributed by atoms with Crippen molar-refractivity contribution in [1.82, 2.24) is 0 Å². The van der Waals surface area contributed by atoms with Crippen molar-refractivity contribution >= 4 is 0 Å². The molecule has 0 aliphatic rings. The Hall–Kier alpha value is -14.0. The molecule has 0 nitrogen and oxygen atoms in total. The molecule has 0 amide bonds. The fourth-order valence-corrected chi connectivity index (χ4v) is 17.5. The van der Waals surface area contributed by atoms with E-state index in [0.29, 0.717) is 0 Å². The lowest BCUT2D eigenvalue weighted by Crippen LogP contribution is -1.90. The quantitative estimate of drug-likeness (QED) is 0.114. The molecular formula is C134H136. The minimum atomic E-state index is 1.27. The summed E-state index contributed by atoms with van der Waals surface area (Å²) in [5.74, 6) is 0. The summed E-state index contributed by atoms with van der Waals surface area (Å²) >= 11 is 0. The van der Waals surface area contributed by atoms with Gasteiger partial charge in [0.1, 0.15) is 0 Å². The molecule has 0 heteroatoms. The Kier molecular flexibility index (Phi) is 32.0. The minimum Gasteiger partial charge on any atom is -0.0610 e. The summed E-state index contributed by atoms with van der Waals surface area (Å²) < 4.78 is 0.